The van der Waals surface area contributed by atoms with Crippen LogP contribution >= 0.6 is 11.6 Å². The molecule has 2 atom stereocenters. The van der Waals surface area contributed by atoms with Gasteiger partial charge in [0.25, 0.3) is 5.56 Å². The van der Waals surface area contributed by atoms with Gasteiger partial charge < -0.3 is 10.4 Å². The van der Waals surface area contributed by atoms with E-state index in [4.69, 9.17) is 11.6 Å². The smallest absolute Gasteiger partial charge is 0.287 e. The van der Waals surface area contributed by atoms with Crippen molar-refractivity contribution in [1.29, 1.82) is 0 Å². The van der Waals surface area contributed by atoms with E-state index in [0.717, 1.165) is 25.7 Å². The van der Waals surface area contributed by atoms with E-state index in [9.17, 15) is 9.90 Å². The lowest BCUT2D eigenvalue weighted by Gasteiger charge is -2.35. The van der Waals surface area contributed by atoms with E-state index in [1.807, 2.05) is 13.8 Å². The molecule has 5 nitrogen and oxygen atoms in total. The van der Waals surface area contributed by atoms with Crippen LogP contribution in [0.5, 0.6) is 0 Å². The Morgan fingerprint density at radius 3 is 2.95 bits per heavy atom. The number of hydrogen-bond acceptors (Lipinski definition) is 4. The molecule has 0 radical (unpaired) electrons. The Bertz CT molecular complexity index is 558. The Morgan fingerprint density at radius 1 is 1.62 bits per heavy atom. The zero-order chi connectivity index (χ0) is 15.6. The average molecular weight is 314 g/mol. The first-order valence-electron chi connectivity index (χ1n) is 7.56. The minimum atomic E-state index is -0.728. The first kappa shape index (κ1) is 16.3. The molecular weight excluding hydrogens is 290 g/mol. The van der Waals surface area contributed by atoms with Crippen LogP contribution in [0.1, 0.15) is 52.5 Å². The minimum Gasteiger partial charge on any atom is -0.388 e. The average Bonchev–Trinajstić information content (AvgIpc) is 2.40. The quantitative estimate of drug-likeness (QED) is 0.897. The van der Waals surface area contributed by atoms with E-state index in [1.165, 1.54) is 4.68 Å². The lowest BCUT2D eigenvalue weighted by Crippen LogP contribution is -2.41. The summed E-state index contributed by atoms with van der Waals surface area (Å²) in [4.78, 5) is 12.1. The molecule has 1 aromatic rings. The third kappa shape index (κ3) is 3.77. The Morgan fingerprint density at radius 2 is 2.33 bits per heavy atom. The summed E-state index contributed by atoms with van der Waals surface area (Å²) in [5, 5.41) is 17.9. The summed E-state index contributed by atoms with van der Waals surface area (Å²) >= 11 is 6.12. The highest BCUT2D eigenvalue weighted by Crippen LogP contribution is 2.32. The van der Waals surface area contributed by atoms with E-state index >= 15 is 0 Å². The summed E-state index contributed by atoms with van der Waals surface area (Å²) in [7, 11) is 0. The van der Waals surface area contributed by atoms with Crippen LogP contribution in [0.4, 0.5) is 5.69 Å². The molecule has 2 unspecified atom stereocenters. The maximum absolute atomic E-state index is 12.1. The lowest BCUT2D eigenvalue weighted by molar-refractivity contribution is -0.000769. The van der Waals surface area contributed by atoms with Crippen molar-refractivity contribution in [2.24, 2.45) is 5.92 Å². The first-order valence-corrected chi connectivity index (χ1v) is 7.94. The van der Waals surface area contributed by atoms with Gasteiger partial charge in [0.15, 0.2) is 0 Å². The molecule has 1 heterocycles. The van der Waals surface area contributed by atoms with Crippen molar-refractivity contribution < 1.29 is 5.11 Å². The van der Waals surface area contributed by atoms with Gasteiger partial charge in [-0.25, -0.2) is 4.68 Å². The van der Waals surface area contributed by atoms with E-state index in [1.54, 1.807) is 6.20 Å². The first-order chi connectivity index (χ1) is 9.82. The van der Waals surface area contributed by atoms with Crippen molar-refractivity contribution in [3.8, 4) is 0 Å². The highest BCUT2D eigenvalue weighted by atomic mass is 35.5. The van der Waals surface area contributed by atoms with Crippen LogP contribution < -0.4 is 10.9 Å². The number of aliphatic hydroxyl groups is 1. The van der Waals surface area contributed by atoms with Crippen molar-refractivity contribution >= 4 is 17.3 Å². The Labute approximate surface area is 130 Å². The second kappa shape index (κ2) is 6.36. The molecule has 0 spiro atoms. The van der Waals surface area contributed by atoms with Crippen LogP contribution in [0.15, 0.2) is 11.0 Å². The predicted molar refractivity (Wildman–Crippen MR) is 85.0 cm³/mol. The van der Waals surface area contributed by atoms with Gasteiger partial charge in [0.1, 0.15) is 5.02 Å². The summed E-state index contributed by atoms with van der Waals surface area (Å²) < 4.78 is 1.35. The summed E-state index contributed by atoms with van der Waals surface area (Å²) in [6.45, 7) is 6.31. The lowest BCUT2D eigenvalue weighted by atomic mass is 9.79. The molecule has 0 aromatic carbocycles. The molecule has 0 aliphatic heterocycles. The van der Waals surface area contributed by atoms with E-state index in [0.29, 0.717) is 18.2 Å². The van der Waals surface area contributed by atoms with Gasteiger partial charge in [0, 0.05) is 6.54 Å². The van der Waals surface area contributed by atoms with Gasteiger partial charge in [-0.2, -0.15) is 5.10 Å². The summed E-state index contributed by atoms with van der Waals surface area (Å²) in [5.41, 5.74) is -0.542. The number of hydrogen-bond donors (Lipinski definition) is 2. The molecular formula is C15H24ClN3O2. The molecule has 21 heavy (non-hydrogen) atoms. The van der Waals surface area contributed by atoms with Crippen LogP contribution in [-0.4, -0.2) is 27.0 Å². The molecule has 6 heteroatoms. The van der Waals surface area contributed by atoms with Gasteiger partial charge in [-0.15, -0.1) is 0 Å². The number of nitrogens with one attached hydrogen (secondary N) is 1. The van der Waals surface area contributed by atoms with Crippen molar-refractivity contribution in [3.63, 3.8) is 0 Å². The zero-order valence-corrected chi connectivity index (χ0v) is 13.7. The van der Waals surface area contributed by atoms with Gasteiger partial charge in [-0.3, -0.25) is 4.79 Å². The van der Waals surface area contributed by atoms with E-state index < -0.39 is 5.60 Å². The van der Waals surface area contributed by atoms with Crippen LogP contribution in [0.25, 0.3) is 0 Å². The van der Waals surface area contributed by atoms with Crippen molar-refractivity contribution in [1.82, 2.24) is 9.78 Å². The highest BCUT2D eigenvalue weighted by molar-refractivity contribution is 6.32. The molecule has 1 aliphatic carbocycles. The molecule has 2 rings (SSSR count). The SMILES string of the molecule is CC1CCCC(O)(CNc2cnn(C(C)C)c(=O)c2Cl)C1. The van der Waals surface area contributed by atoms with E-state index in [2.05, 4.69) is 17.3 Å². The summed E-state index contributed by atoms with van der Waals surface area (Å²) in [6, 6.07) is -0.0348. The maximum Gasteiger partial charge on any atom is 0.287 e. The van der Waals surface area contributed by atoms with Gasteiger partial charge in [0.2, 0.25) is 0 Å². The Balaban J connectivity index is 2.10. The molecule has 0 amide bonds. The molecule has 1 aromatic heterocycles. The molecule has 2 N–H and O–H groups in total. The fourth-order valence-electron chi connectivity index (χ4n) is 2.99. The summed E-state index contributed by atoms with van der Waals surface area (Å²) in [5.74, 6) is 0.521. The van der Waals surface area contributed by atoms with Crippen LogP contribution in [0.3, 0.4) is 0 Å². The molecule has 1 fully saturated rings. The second-order valence-corrected chi connectivity index (χ2v) is 6.87. The molecule has 1 saturated carbocycles. The third-order valence-electron chi connectivity index (χ3n) is 4.11. The normalized spacial score (nSPS) is 26.1. The summed E-state index contributed by atoms with van der Waals surface area (Å²) in [6.07, 6.45) is 5.29. The topological polar surface area (TPSA) is 67.2 Å². The van der Waals surface area contributed by atoms with Crippen molar-refractivity contribution in [2.75, 3.05) is 11.9 Å². The standard InChI is InChI=1S/C15H24ClN3O2/c1-10(2)19-14(20)13(16)12(8-18-19)17-9-15(21)6-4-5-11(3)7-15/h8,10-11,17,21H,4-7,9H2,1-3H3. The number of rotatable bonds is 4. The van der Waals surface area contributed by atoms with Gasteiger partial charge >= 0.3 is 0 Å². The van der Waals surface area contributed by atoms with Crippen molar-refractivity contribution in [2.45, 2.75) is 58.1 Å². The van der Waals surface area contributed by atoms with Gasteiger partial charge in [-0.1, -0.05) is 31.4 Å². The second-order valence-electron chi connectivity index (χ2n) is 6.50. The third-order valence-corrected chi connectivity index (χ3v) is 4.47. The van der Waals surface area contributed by atoms with Gasteiger partial charge in [0.05, 0.1) is 23.5 Å². The number of halogens is 1. The van der Waals surface area contributed by atoms with E-state index in [-0.39, 0.29) is 16.6 Å². The Kier molecular flexibility index (Phi) is 4.94. The number of aromatic nitrogens is 2. The molecule has 118 valence electrons. The fraction of sp³-hybridized carbons (Fsp3) is 0.733. The fourth-order valence-corrected chi connectivity index (χ4v) is 3.19. The molecule has 0 bridgehead atoms. The monoisotopic (exact) mass is 313 g/mol. The number of anilines is 1. The largest absolute Gasteiger partial charge is 0.388 e. The Hall–Kier alpha value is -1.07. The van der Waals surface area contributed by atoms with Gasteiger partial charge in [-0.05, 0) is 32.6 Å². The van der Waals surface area contributed by atoms with Crippen LogP contribution in [0, 0.1) is 5.92 Å². The van der Waals surface area contributed by atoms with Crippen LogP contribution in [-0.2, 0) is 0 Å². The number of nitrogens with zero attached hydrogens (tertiary/aromatic N) is 2. The highest BCUT2D eigenvalue weighted by Gasteiger charge is 2.32. The zero-order valence-electron chi connectivity index (χ0n) is 12.9. The maximum atomic E-state index is 12.1. The molecule has 1 aliphatic rings. The minimum absolute atomic E-state index is 0.0348. The van der Waals surface area contributed by atoms with Crippen LogP contribution in [0.2, 0.25) is 5.02 Å². The van der Waals surface area contributed by atoms with Crippen molar-refractivity contribution in [3.05, 3.63) is 21.6 Å². The predicted octanol–water partition coefficient (Wildman–Crippen LogP) is 2.83. The molecule has 0 saturated heterocycles.